The van der Waals surface area contributed by atoms with Crippen LogP contribution in [0.15, 0.2) is 18.2 Å². The summed E-state index contributed by atoms with van der Waals surface area (Å²) in [5.74, 6) is 1.27. The van der Waals surface area contributed by atoms with Gasteiger partial charge in [-0.25, -0.2) is 0 Å². The molecule has 1 saturated heterocycles. The van der Waals surface area contributed by atoms with Crippen LogP contribution >= 0.6 is 0 Å². The molecule has 0 bridgehead atoms. The van der Waals surface area contributed by atoms with Crippen molar-refractivity contribution in [3.63, 3.8) is 0 Å². The van der Waals surface area contributed by atoms with Gasteiger partial charge in [0.15, 0.2) is 23.0 Å². The first-order chi connectivity index (χ1) is 14.6. The minimum atomic E-state index is -0.389. The molecule has 3 aliphatic rings. The lowest BCUT2D eigenvalue weighted by Crippen LogP contribution is -2.31. The van der Waals surface area contributed by atoms with Crippen molar-refractivity contribution in [1.82, 2.24) is 0 Å². The maximum absolute atomic E-state index is 12.7. The number of fused-ring (bicyclic) bond motifs is 3. The van der Waals surface area contributed by atoms with Gasteiger partial charge < -0.3 is 33.5 Å². The van der Waals surface area contributed by atoms with Crippen molar-refractivity contribution in [1.29, 1.82) is 0 Å². The molecule has 0 aromatic heterocycles. The number of phenols is 1. The number of hydrogen-bond acceptors (Lipinski definition) is 8. The number of carbonyl (C=O) groups is 1. The first-order valence-electron chi connectivity index (χ1n) is 9.68. The maximum atomic E-state index is 12.7. The van der Waals surface area contributed by atoms with Gasteiger partial charge in [0.25, 0.3) is 0 Å². The normalized spacial score (nSPS) is 23.4. The highest BCUT2D eigenvalue weighted by molar-refractivity contribution is 5.79. The van der Waals surface area contributed by atoms with Crippen LogP contribution in [0.3, 0.4) is 0 Å². The summed E-state index contributed by atoms with van der Waals surface area (Å²) in [6.45, 7) is 0.368. The number of benzene rings is 2. The second-order valence-corrected chi connectivity index (χ2v) is 7.58. The van der Waals surface area contributed by atoms with Crippen LogP contribution in [0.5, 0.6) is 34.5 Å². The van der Waals surface area contributed by atoms with E-state index in [1.54, 1.807) is 21.3 Å². The van der Waals surface area contributed by atoms with E-state index in [9.17, 15) is 9.90 Å². The van der Waals surface area contributed by atoms with Crippen LogP contribution < -0.4 is 23.7 Å². The van der Waals surface area contributed by atoms with Crippen LogP contribution in [0.25, 0.3) is 0 Å². The Morgan fingerprint density at radius 1 is 1.00 bits per heavy atom. The van der Waals surface area contributed by atoms with E-state index in [1.165, 1.54) is 0 Å². The summed E-state index contributed by atoms with van der Waals surface area (Å²) in [4.78, 5) is 12.7. The van der Waals surface area contributed by atoms with Gasteiger partial charge in [0, 0.05) is 17.4 Å². The van der Waals surface area contributed by atoms with Crippen LogP contribution in [0, 0.1) is 11.8 Å². The maximum Gasteiger partial charge on any atom is 0.310 e. The molecular formula is C22H22O8. The molecule has 2 aromatic rings. The van der Waals surface area contributed by atoms with Crippen molar-refractivity contribution >= 4 is 5.97 Å². The van der Waals surface area contributed by atoms with Crippen molar-refractivity contribution in [3.8, 4) is 34.5 Å². The van der Waals surface area contributed by atoms with Crippen LogP contribution in [0.4, 0.5) is 0 Å². The highest BCUT2D eigenvalue weighted by Gasteiger charge is 2.49. The third kappa shape index (κ3) is 2.56. The second kappa shape index (κ2) is 6.90. The summed E-state index contributed by atoms with van der Waals surface area (Å²) in [5, 5.41) is 10.9. The Morgan fingerprint density at radius 2 is 1.73 bits per heavy atom. The molecule has 2 aliphatic heterocycles. The van der Waals surface area contributed by atoms with Crippen LogP contribution in [0.2, 0.25) is 0 Å². The quantitative estimate of drug-likeness (QED) is 0.764. The predicted octanol–water partition coefficient (Wildman–Crippen LogP) is 2.62. The van der Waals surface area contributed by atoms with E-state index in [4.69, 9.17) is 28.4 Å². The Hall–Kier alpha value is -3.29. The Kier molecular flexibility index (Phi) is 4.30. The third-order valence-electron chi connectivity index (χ3n) is 6.20. The number of aromatic hydroxyl groups is 1. The summed E-state index contributed by atoms with van der Waals surface area (Å²) in [7, 11) is 4.64. The van der Waals surface area contributed by atoms with Crippen molar-refractivity contribution < 1.29 is 38.3 Å². The molecular weight excluding hydrogens is 392 g/mol. The molecule has 5 rings (SSSR count). The molecule has 1 aliphatic carbocycles. The Morgan fingerprint density at radius 3 is 2.40 bits per heavy atom. The van der Waals surface area contributed by atoms with E-state index in [0.717, 1.165) is 16.7 Å². The van der Waals surface area contributed by atoms with Crippen molar-refractivity contribution in [2.75, 3.05) is 34.7 Å². The molecule has 30 heavy (non-hydrogen) atoms. The fourth-order valence-corrected chi connectivity index (χ4v) is 4.87. The van der Waals surface area contributed by atoms with E-state index < -0.39 is 0 Å². The van der Waals surface area contributed by atoms with E-state index in [2.05, 4.69) is 0 Å². The number of carbonyl (C=O) groups excluding carboxylic acids is 1. The number of rotatable bonds is 4. The van der Waals surface area contributed by atoms with Crippen molar-refractivity contribution in [2.24, 2.45) is 11.8 Å². The second-order valence-electron chi connectivity index (χ2n) is 7.58. The third-order valence-corrected chi connectivity index (χ3v) is 6.20. The molecule has 8 nitrogen and oxygen atoms in total. The average molecular weight is 414 g/mol. The lowest BCUT2D eigenvalue weighted by molar-refractivity contribution is -0.141. The first kappa shape index (κ1) is 18.7. The van der Waals surface area contributed by atoms with Gasteiger partial charge in [-0.15, -0.1) is 0 Å². The van der Waals surface area contributed by atoms with Gasteiger partial charge in [-0.05, 0) is 35.7 Å². The molecule has 0 spiro atoms. The molecule has 158 valence electrons. The van der Waals surface area contributed by atoms with Gasteiger partial charge in [-0.3, -0.25) is 4.79 Å². The van der Waals surface area contributed by atoms with Gasteiger partial charge in [-0.2, -0.15) is 0 Å². The minimum absolute atomic E-state index is 0.0511. The fraction of sp³-hybridized carbons (Fsp3) is 0.409. The zero-order chi connectivity index (χ0) is 21.0. The predicted molar refractivity (Wildman–Crippen MR) is 104 cm³/mol. The van der Waals surface area contributed by atoms with E-state index in [-0.39, 0.29) is 36.3 Å². The summed E-state index contributed by atoms with van der Waals surface area (Å²) < 4.78 is 32.9. The van der Waals surface area contributed by atoms with Crippen LogP contribution in [0.1, 0.15) is 22.6 Å². The highest BCUT2D eigenvalue weighted by atomic mass is 16.7. The summed E-state index contributed by atoms with van der Waals surface area (Å²) >= 11 is 0. The van der Waals surface area contributed by atoms with Crippen molar-refractivity contribution in [3.05, 3.63) is 34.9 Å². The molecule has 2 heterocycles. The Labute approximate surface area is 173 Å². The summed E-state index contributed by atoms with van der Waals surface area (Å²) in [6.07, 6.45) is 0.523. The summed E-state index contributed by atoms with van der Waals surface area (Å²) in [5.41, 5.74) is 2.36. The lowest BCUT2D eigenvalue weighted by Gasteiger charge is -2.34. The zero-order valence-corrected chi connectivity index (χ0v) is 16.9. The Balaban J connectivity index is 1.75. The first-order valence-corrected chi connectivity index (χ1v) is 9.68. The number of ether oxygens (including phenoxy) is 6. The summed E-state index contributed by atoms with van der Waals surface area (Å²) in [6, 6.07) is 5.53. The van der Waals surface area contributed by atoms with Gasteiger partial charge in [0.1, 0.15) is 0 Å². The van der Waals surface area contributed by atoms with Gasteiger partial charge in [0.05, 0.1) is 33.9 Å². The molecule has 1 fully saturated rings. The minimum Gasteiger partial charge on any atom is -0.504 e. The Bertz CT molecular complexity index is 1010. The molecule has 0 amide bonds. The smallest absolute Gasteiger partial charge is 0.310 e. The monoisotopic (exact) mass is 414 g/mol. The van der Waals surface area contributed by atoms with E-state index >= 15 is 0 Å². The average Bonchev–Trinajstić information content (AvgIpc) is 3.38. The number of methoxy groups -OCH3 is 3. The van der Waals surface area contributed by atoms with E-state index in [0.29, 0.717) is 41.8 Å². The molecule has 1 N–H and O–H groups in total. The highest BCUT2D eigenvalue weighted by Crippen LogP contribution is 2.55. The molecule has 0 radical (unpaired) electrons. The lowest BCUT2D eigenvalue weighted by atomic mass is 9.67. The molecule has 3 atom stereocenters. The topological polar surface area (TPSA) is 92.7 Å². The molecule has 2 aromatic carbocycles. The van der Waals surface area contributed by atoms with Crippen LogP contribution in [-0.2, 0) is 16.0 Å². The zero-order valence-electron chi connectivity index (χ0n) is 16.9. The molecule has 0 saturated carbocycles. The largest absolute Gasteiger partial charge is 0.504 e. The van der Waals surface area contributed by atoms with Gasteiger partial charge in [0.2, 0.25) is 18.3 Å². The molecule has 8 heteroatoms. The number of esters is 1. The van der Waals surface area contributed by atoms with Gasteiger partial charge in [-0.1, -0.05) is 0 Å². The SMILES string of the molecule is COc1cc([C@H]2c3cc4c(c(O)c3C[C@@H]3COC(=O)[C@@H]32)OCO4)cc(OC)c1OC. The fourth-order valence-electron chi connectivity index (χ4n) is 4.87. The van der Waals surface area contributed by atoms with Gasteiger partial charge >= 0.3 is 5.97 Å². The number of hydrogen-bond donors (Lipinski definition) is 1. The van der Waals surface area contributed by atoms with Crippen LogP contribution in [-0.4, -0.2) is 45.8 Å². The number of cyclic esters (lactones) is 1. The number of phenolic OH excluding ortho intramolecular Hbond substituents is 1. The van der Waals surface area contributed by atoms with Crippen molar-refractivity contribution in [2.45, 2.75) is 12.3 Å². The molecule has 0 unspecified atom stereocenters. The van der Waals surface area contributed by atoms with E-state index in [1.807, 2.05) is 18.2 Å². The standard InChI is InChI=1S/C22H22O8/c1-25-14-5-10(6-15(26-2)20(14)27-3)17-12-7-16-21(30-9-29-16)19(23)13(12)4-11-8-28-22(24)18(11)17/h5-7,11,17-18,23H,4,8-9H2,1-3H3/t11-,17+,18+/m1/s1.